The van der Waals surface area contributed by atoms with Crippen LogP contribution in [-0.4, -0.2) is 29.4 Å². The average Bonchev–Trinajstić information content (AvgIpc) is 2.48. The van der Waals surface area contributed by atoms with E-state index < -0.39 is 0 Å². The van der Waals surface area contributed by atoms with Gasteiger partial charge in [0.05, 0.1) is 5.56 Å². The molecule has 1 amide bonds. The third-order valence-corrected chi connectivity index (χ3v) is 4.76. The van der Waals surface area contributed by atoms with Crippen LogP contribution < -0.4 is 5.73 Å². The Balaban J connectivity index is 2.20. The van der Waals surface area contributed by atoms with Crippen molar-refractivity contribution >= 4 is 21.8 Å². The Bertz CT molecular complexity index is 501. The van der Waals surface area contributed by atoms with Gasteiger partial charge in [0.15, 0.2) is 0 Å². The van der Waals surface area contributed by atoms with Crippen LogP contribution in [0.3, 0.4) is 0 Å². The molecular formula is C16H22BrFN2O. The van der Waals surface area contributed by atoms with Gasteiger partial charge in [0.2, 0.25) is 0 Å². The van der Waals surface area contributed by atoms with Crippen LogP contribution in [0.5, 0.6) is 0 Å². The molecule has 0 aromatic heterocycles. The lowest BCUT2D eigenvalue weighted by atomic mass is 9.90. The summed E-state index contributed by atoms with van der Waals surface area (Å²) in [4.78, 5) is 14.7. The Morgan fingerprint density at radius 1 is 1.38 bits per heavy atom. The van der Waals surface area contributed by atoms with Gasteiger partial charge in [-0.1, -0.05) is 6.92 Å². The van der Waals surface area contributed by atoms with Gasteiger partial charge in [-0.05, 0) is 66.2 Å². The fourth-order valence-corrected chi connectivity index (χ4v) is 3.34. The maximum atomic E-state index is 13.4. The number of amides is 1. The summed E-state index contributed by atoms with van der Waals surface area (Å²) in [6.07, 6.45) is 4.64. The Hall–Kier alpha value is -0.940. The molecule has 0 radical (unpaired) electrons. The number of benzene rings is 1. The quantitative estimate of drug-likeness (QED) is 0.893. The number of carbonyl (C=O) groups excluding carboxylic acids is 1. The van der Waals surface area contributed by atoms with E-state index in [0.29, 0.717) is 16.6 Å². The normalized spacial score (nSPS) is 22.1. The number of hydrogen-bond acceptors (Lipinski definition) is 2. The minimum absolute atomic E-state index is 0.0938. The summed E-state index contributed by atoms with van der Waals surface area (Å²) in [7, 11) is 0. The van der Waals surface area contributed by atoms with Gasteiger partial charge in [0, 0.05) is 23.1 Å². The van der Waals surface area contributed by atoms with E-state index in [1.165, 1.54) is 12.1 Å². The summed E-state index contributed by atoms with van der Waals surface area (Å²) < 4.78 is 14.1. The van der Waals surface area contributed by atoms with E-state index in [0.717, 1.165) is 32.1 Å². The van der Waals surface area contributed by atoms with E-state index in [9.17, 15) is 9.18 Å². The van der Waals surface area contributed by atoms with Crippen molar-refractivity contribution in [3.8, 4) is 0 Å². The first-order valence-electron chi connectivity index (χ1n) is 7.54. The number of hydrogen-bond donors (Lipinski definition) is 1. The van der Waals surface area contributed by atoms with E-state index >= 15 is 0 Å². The first kappa shape index (κ1) is 16.4. The highest BCUT2D eigenvalue weighted by atomic mass is 79.9. The second-order valence-electron chi connectivity index (χ2n) is 5.69. The number of nitrogens with two attached hydrogens (primary N) is 1. The van der Waals surface area contributed by atoms with Gasteiger partial charge < -0.3 is 10.6 Å². The fraction of sp³-hybridized carbons (Fsp3) is 0.562. The van der Waals surface area contributed by atoms with Gasteiger partial charge in [0.1, 0.15) is 5.82 Å². The molecule has 0 spiro atoms. The van der Waals surface area contributed by atoms with Gasteiger partial charge in [-0.15, -0.1) is 0 Å². The molecule has 1 aliphatic rings. The summed E-state index contributed by atoms with van der Waals surface area (Å²) in [5, 5.41) is 0. The average molecular weight is 357 g/mol. The second-order valence-corrected chi connectivity index (χ2v) is 6.55. The Kier molecular flexibility index (Phi) is 5.76. The number of nitrogens with zero attached hydrogens (tertiary/aromatic N) is 1. The monoisotopic (exact) mass is 356 g/mol. The van der Waals surface area contributed by atoms with Crippen LogP contribution in [-0.2, 0) is 0 Å². The third kappa shape index (κ3) is 4.04. The second kappa shape index (κ2) is 7.36. The summed E-state index contributed by atoms with van der Waals surface area (Å²) in [6, 6.07) is 4.71. The topological polar surface area (TPSA) is 46.3 Å². The maximum absolute atomic E-state index is 13.4. The van der Waals surface area contributed by atoms with Crippen molar-refractivity contribution in [1.82, 2.24) is 4.90 Å². The van der Waals surface area contributed by atoms with Crippen molar-refractivity contribution in [2.45, 2.75) is 51.1 Å². The van der Waals surface area contributed by atoms with Gasteiger partial charge >= 0.3 is 0 Å². The zero-order valence-electron chi connectivity index (χ0n) is 12.3. The van der Waals surface area contributed by atoms with E-state index in [4.69, 9.17) is 5.73 Å². The fourth-order valence-electron chi connectivity index (χ4n) is 2.92. The lowest BCUT2D eigenvalue weighted by Crippen LogP contribution is -2.44. The highest BCUT2D eigenvalue weighted by Crippen LogP contribution is 2.26. The van der Waals surface area contributed by atoms with Crippen LogP contribution in [0.4, 0.5) is 4.39 Å². The Morgan fingerprint density at radius 2 is 2.05 bits per heavy atom. The highest BCUT2D eigenvalue weighted by molar-refractivity contribution is 9.10. The highest BCUT2D eigenvalue weighted by Gasteiger charge is 2.28. The lowest BCUT2D eigenvalue weighted by Gasteiger charge is -2.36. The molecule has 0 heterocycles. The lowest BCUT2D eigenvalue weighted by molar-refractivity contribution is 0.0625. The largest absolute Gasteiger partial charge is 0.336 e. The van der Waals surface area contributed by atoms with E-state index in [1.54, 1.807) is 6.07 Å². The van der Waals surface area contributed by atoms with Gasteiger partial charge in [-0.25, -0.2) is 4.39 Å². The molecule has 1 aromatic rings. The number of carbonyl (C=O) groups is 1. The first-order chi connectivity index (χ1) is 10.0. The van der Waals surface area contributed by atoms with Crippen molar-refractivity contribution in [2.24, 2.45) is 5.73 Å². The third-order valence-electron chi connectivity index (χ3n) is 4.07. The number of halogens is 2. The molecule has 1 saturated carbocycles. The minimum atomic E-state index is -0.385. The Morgan fingerprint density at radius 3 is 2.67 bits per heavy atom. The molecule has 1 aromatic carbocycles. The molecule has 2 rings (SSSR count). The molecule has 0 bridgehead atoms. The van der Waals surface area contributed by atoms with Crippen LogP contribution in [0.2, 0.25) is 0 Å². The zero-order valence-corrected chi connectivity index (χ0v) is 13.9. The van der Waals surface area contributed by atoms with Crippen molar-refractivity contribution in [1.29, 1.82) is 0 Å². The van der Waals surface area contributed by atoms with Gasteiger partial charge in [-0.3, -0.25) is 4.79 Å². The molecule has 0 unspecified atom stereocenters. The van der Waals surface area contributed by atoms with E-state index in [2.05, 4.69) is 22.9 Å². The predicted molar refractivity (Wildman–Crippen MR) is 85.7 cm³/mol. The van der Waals surface area contributed by atoms with Crippen LogP contribution in [0.25, 0.3) is 0 Å². The maximum Gasteiger partial charge on any atom is 0.255 e. The molecule has 3 nitrogen and oxygen atoms in total. The molecule has 5 heteroatoms. The van der Waals surface area contributed by atoms with Crippen LogP contribution in [0.15, 0.2) is 22.7 Å². The van der Waals surface area contributed by atoms with Crippen molar-refractivity contribution < 1.29 is 9.18 Å². The standard InChI is InChI=1S/C16H22BrFN2O/c1-2-9-20(13-6-4-12(19)5-7-13)16(21)14-10-11(18)3-8-15(14)17/h3,8,10,12-13H,2,4-7,9,19H2,1H3. The van der Waals surface area contributed by atoms with E-state index in [-0.39, 0.29) is 23.8 Å². The van der Waals surface area contributed by atoms with Crippen molar-refractivity contribution in [2.75, 3.05) is 6.54 Å². The van der Waals surface area contributed by atoms with Crippen LogP contribution in [0.1, 0.15) is 49.4 Å². The first-order valence-corrected chi connectivity index (χ1v) is 8.33. The summed E-state index contributed by atoms with van der Waals surface area (Å²) in [5.74, 6) is -0.479. The summed E-state index contributed by atoms with van der Waals surface area (Å²) >= 11 is 3.35. The van der Waals surface area contributed by atoms with Crippen molar-refractivity contribution in [3.05, 3.63) is 34.1 Å². The molecule has 0 atom stereocenters. The molecule has 1 aliphatic carbocycles. The van der Waals surface area contributed by atoms with Crippen molar-refractivity contribution in [3.63, 3.8) is 0 Å². The van der Waals surface area contributed by atoms with Gasteiger partial charge in [0.25, 0.3) is 5.91 Å². The summed E-state index contributed by atoms with van der Waals surface area (Å²) in [6.45, 7) is 2.75. The molecule has 1 fully saturated rings. The molecular weight excluding hydrogens is 335 g/mol. The van der Waals surface area contributed by atoms with E-state index in [1.807, 2.05) is 4.90 Å². The van der Waals surface area contributed by atoms with Crippen LogP contribution >= 0.6 is 15.9 Å². The molecule has 21 heavy (non-hydrogen) atoms. The Labute approximate surface area is 133 Å². The van der Waals surface area contributed by atoms with Crippen LogP contribution in [0, 0.1) is 5.82 Å². The SMILES string of the molecule is CCCN(C(=O)c1cc(F)ccc1Br)C1CCC(N)CC1. The zero-order chi connectivity index (χ0) is 15.4. The summed E-state index contributed by atoms with van der Waals surface area (Å²) in [5.41, 5.74) is 6.34. The molecule has 116 valence electrons. The molecule has 0 aliphatic heterocycles. The minimum Gasteiger partial charge on any atom is -0.336 e. The molecule has 2 N–H and O–H groups in total. The molecule has 0 saturated heterocycles. The number of rotatable bonds is 4. The smallest absolute Gasteiger partial charge is 0.255 e. The predicted octanol–water partition coefficient (Wildman–Crippen LogP) is 3.71. The van der Waals surface area contributed by atoms with Gasteiger partial charge in [-0.2, -0.15) is 0 Å².